The number of para-hydroxylation sites is 1. The van der Waals surface area contributed by atoms with Crippen molar-refractivity contribution in [1.29, 1.82) is 0 Å². The minimum Gasteiger partial charge on any atom is -0.481 e. The third-order valence-corrected chi connectivity index (χ3v) is 2.73. The van der Waals surface area contributed by atoms with Gasteiger partial charge >= 0.3 is 0 Å². The van der Waals surface area contributed by atoms with E-state index in [4.69, 9.17) is 4.74 Å². The van der Waals surface area contributed by atoms with Gasteiger partial charge in [-0.1, -0.05) is 25.1 Å². The molecule has 0 bridgehead atoms. The lowest BCUT2D eigenvalue weighted by Gasteiger charge is -2.19. The molecule has 106 valence electrons. The first kappa shape index (κ1) is 15.5. The Morgan fingerprint density at radius 3 is 2.47 bits per heavy atom. The zero-order chi connectivity index (χ0) is 14.3. The van der Waals surface area contributed by atoms with Gasteiger partial charge in [0.15, 0.2) is 6.10 Å². The second kappa shape index (κ2) is 7.79. The van der Waals surface area contributed by atoms with Crippen molar-refractivity contribution >= 4 is 5.91 Å². The van der Waals surface area contributed by atoms with Gasteiger partial charge in [-0.25, -0.2) is 0 Å². The summed E-state index contributed by atoms with van der Waals surface area (Å²) in [4.78, 5) is 14.0. The standard InChI is InChI=1S/C15H24N2O2/c1-12(11-17(3)4)10-16-15(18)13(2)19-14-8-6-5-7-9-14/h5-9,12-13H,10-11H2,1-4H3,(H,16,18). The van der Waals surface area contributed by atoms with Crippen molar-refractivity contribution < 1.29 is 9.53 Å². The third-order valence-electron chi connectivity index (χ3n) is 2.73. The minimum absolute atomic E-state index is 0.0746. The highest BCUT2D eigenvalue weighted by molar-refractivity contribution is 5.80. The molecule has 0 radical (unpaired) electrons. The summed E-state index contributed by atoms with van der Waals surface area (Å²) < 4.78 is 5.57. The van der Waals surface area contributed by atoms with E-state index in [2.05, 4.69) is 17.1 Å². The maximum atomic E-state index is 11.9. The van der Waals surface area contributed by atoms with Crippen LogP contribution in [0.2, 0.25) is 0 Å². The summed E-state index contributed by atoms with van der Waals surface area (Å²) in [6.45, 7) is 5.50. The Bertz CT molecular complexity index is 379. The summed E-state index contributed by atoms with van der Waals surface area (Å²) >= 11 is 0. The molecule has 0 spiro atoms. The van der Waals surface area contributed by atoms with Crippen LogP contribution in [-0.4, -0.2) is 44.1 Å². The van der Waals surface area contributed by atoms with Crippen molar-refractivity contribution in [3.8, 4) is 5.75 Å². The summed E-state index contributed by atoms with van der Waals surface area (Å²) in [6, 6.07) is 9.38. The molecular weight excluding hydrogens is 240 g/mol. The van der Waals surface area contributed by atoms with E-state index in [9.17, 15) is 4.79 Å². The van der Waals surface area contributed by atoms with Gasteiger partial charge in [-0.2, -0.15) is 0 Å². The molecule has 0 fully saturated rings. The smallest absolute Gasteiger partial charge is 0.260 e. The molecule has 1 amide bonds. The average molecular weight is 264 g/mol. The van der Waals surface area contributed by atoms with Crippen molar-refractivity contribution in [2.24, 2.45) is 5.92 Å². The fourth-order valence-corrected chi connectivity index (χ4v) is 1.86. The number of carbonyl (C=O) groups is 1. The Labute approximate surface area is 115 Å². The maximum absolute atomic E-state index is 11.9. The molecule has 1 N–H and O–H groups in total. The van der Waals surface area contributed by atoms with Gasteiger partial charge in [0.05, 0.1) is 0 Å². The SMILES string of the molecule is CC(CNC(=O)C(C)Oc1ccccc1)CN(C)C. The molecule has 19 heavy (non-hydrogen) atoms. The van der Waals surface area contributed by atoms with Crippen LogP contribution in [0.15, 0.2) is 30.3 Å². The number of hydrogen-bond donors (Lipinski definition) is 1. The van der Waals surface area contributed by atoms with E-state index in [1.54, 1.807) is 6.92 Å². The van der Waals surface area contributed by atoms with E-state index in [-0.39, 0.29) is 5.91 Å². The van der Waals surface area contributed by atoms with Gasteiger partial charge < -0.3 is 15.0 Å². The lowest BCUT2D eigenvalue weighted by atomic mass is 10.1. The van der Waals surface area contributed by atoms with Crippen molar-refractivity contribution in [2.75, 3.05) is 27.2 Å². The minimum atomic E-state index is -0.478. The molecule has 1 rings (SSSR count). The topological polar surface area (TPSA) is 41.6 Å². The van der Waals surface area contributed by atoms with Gasteiger partial charge in [-0.15, -0.1) is 0 Å². The molecule has 0 aliphatic rings. The maximum Gasteiger partial charge on any atom is 0.260 e. The monoisotopic (exact) mass is 264 g/mol. The molecule has 0 heterocycles. The number of benzene rings is 1. The Hall–Kier alpha value is -1.55. The van der Waals surface area contributed by atoms with Crippen LogP contribution in [0, 0.1) is 5.92 Å². The average Bonchev–Trinajstić information content (AvgIpc) is 2.36. The van der Waals surface area contributed by atoms with Gasteiger partial charge in [0.2, 0.25) is 0 Å². The van der Waals surface area contributed by atoms with E-state index in [0.717, 1.165) is 6.54 Å². The molecule has 0 saturated heterocycles. The van der Waals surface area contributed by atoms with Crippen LogP contribution in [-0.2, 0) is 4.79 Å². The van der Waals surface area contributed by atoms with E-state index in [1.807, 2.05) is 44.4 Å². The van der Waals surface area contributed by atoms with Gasteiger partial charge in [0.1, 0.15) is 5.75 Å². The summed E-state index contributed by atoms with van der Waals surface area (Å²) in [7, 11) is 4.05. The van der Waals surface area contributed by atoms with Crippen LogP contribution in [0.1, 0.15) is 13.8 Å². The summed E-state index contributed by atoms with van der Waals surface area (Å²) in [5, 5.41) is 2.92. The van der Waals surface area contributed by atoms with Gasteiger partial charge in [0, 0.05) is 13.1 Å². The highest BCUT2D eigenvalue weighted by Gasteiger charge is 2.15. The molecule has 0 saturated carbocycles. The molecule has 2 atom stereocenters. The quantitative estimate of drug-likeness (QED) is 0.816. The van der Waals surface area contributed by atoms with Crippen LogP contribution in [0.4, 0.5) is 0 Å². The zero-order valence-corrected chi connectivity index (χ0v) is 12.2. The first-order chi connectivity index (χ1) is 8.99. The molecular formula is C15H24N2O2. The van der Waals surface area contributed by atoms with Crippen molar-refractivity contribution in [2.45, 2.75) is 20.0 Å². The fourth-order valence-electron chi connectivity index (χ4n) is 1.86. The number of rotatable bonds is 7. The Balaban J connectivity index is 2.33. The zero-order valence-electron chi connectivity index (χ0n) is 12.2. The van der Waals surface area contributed by atoms with Crippen molar-refractivity contribution in [3.05, 3.63) is 30.3 Å². The number of carbonyl (C=O) groups excluding carboxylic acids is 1. The van der Waals surface area contributed by atoms with Gasteiger partial charge in [0.25, 0.3) is 5.91 Å². The number of hydrogen-bond acceptors (Lipinski definition) is 3. The Morgan fingerprint density at radius 2 is 1.89 bits per heavy atom. The third kappa shape index (κ3) is 6.25. The molecule has 2 unspecified atom stereocenters. The van der Waals surface area contributed by atoms with Gasteiger partial charge in [-0.05, 0) is 39.1 Å². The van der Waals surface area contributed by atoms with Crippen LogP contribution in [0.3, 0.4) is 0 Å². The van der Waals surface area contributed by atoms with E-state index in [1.165, 1.54) is 0 Å². The fraction of sp³-hybridized carbons (Fsp3) is 0.533. The summed E-state index contributed by atoms with van der Waals surface area (Å²) in [5.41, 5.74) is 0. The van der Waals surface area contributed by atoms with E-state index >= 15 is 0 Å². The number of amides is 1. The Morgan fingerprint density at radius 1 is 1.26 bits per heavy atom. The van der Waals surface area contributed by atoms with Crippen LogP contribution < -0.4 is 10.1 Å². The molecule has 1 aromatic rings. The highest BCUT2D eigenvalue weighted by atomic mass is 16.5. The number of nitrogens with zero attached hydrogens (tertiary/aromatic N) is 1. The van der Waals surface area contributed by atoms with Crippen LogP contribution >= 0.6 is 0 Å². The van der Waals surface area contributed by atoms with Crippen LogP contribution in [0.5, 0.6) is 5.75 Å². The first-order valence-electron chi connectivity index (χ1n) is 6.63. The van der Waals surface area contributed by atoms with Crippen molar-refractivity contribution in [3.63, 3.8) is 0 Å². The second-order valence-corrected chi connectivity index (χ2v) is 5.19. The second-order valence-electron chi connectivity index (χ2n) is 5.19. The normalized spacial score (nSPS) is 13.9. The van der Waals surface area contributed by atoms with Crippen LogP contribution in [0.25, 0.3) is 0 Å². The predicted molar refractivity (Wildman–Crippen MR) is 77.3 cm³/mol. The number of ether oxygens (including phenoxy) is 1. The predicted octanol–water partition coefficient (Wildman–Crippen LogP) is 1.77. The molecule has 0 aliphatic heterocycles. The lowest BCUT2D eigenvalue weighted by Crippen LogP contribution is -2.40. The molecule has 4 nitrogen and oxygen atoms in total. The van der Waals surface area contributed by atoms with E-state index in [0.29, 0.717) is 18.2 Å². The largest absolute Gasteiger partial charge is 0.481 e. The van der Waals surface area contributed by atoms with Crippen molar-refractivity contribution in [1.82, 2.24) is 10.2 Å². The first-order valence-corrected chi connectivity index (χ1v) is 6.63. The molecule has 0 aliphatic carbocycles. The Kier molecular flexibility index (Phi) is 6.36. The molecule has 1 aromatic carbocycles. The van der Waals surface area contributed by atoms with Gasteiger partial charge in [-0.3, -0.25) is 4.79 Å². The summed E-state index contributed by atoms with van der Waals surface area (Å²) in [6.07, 6.45) is -0.478. The highest BCUT2D eigenvalue weighted by Crippen LogP contribution is 2.10. The molecule has 0 aromatic heterocycles. The lowest BCUT2D eigenvalue weighted by molar-refractivity contribution is -0.127. The molecule has 4 heteroatoms. The number of nitrogens with one attached hydrogen (secondary N) is 1. The van der Waals surface area contributed by atoms with E-state index < -0.39 is 6.10 Å². The summed E-state index contributed by atoms with van der Waals surface area (Å²) in [5.74, 6) is 1.06.